The highest BCUT2D eigenvalue weighted by molar-refractivity contribution is 6.33. The summed E-state index contributed by atoms with van der Waals surface area (Å²) in [7, 11) is 0. The molecule has 0 spiro atoms. The SMILES string of the molecule is C#Cc1ccccc1-c1nc(Cl)cc(Cl)n1.c1cc2ccc1-2. The van der Waals surface area contributed by atoms with E-state index >= 15 is 0 Å². The van der Waals surface area contributed by atoms with Gasteiger partial charge in [0.15, 0.2) is 5.82 Å². The van der Waals surface area contributed by atoms with Crippen LogP contribution in [0.5, 0.6) is 0 Å². The number of hydrogen-bond donors (Lipinski definition) is 0. The van der Waals surface area contributed by atoms with Gasteiger partial charge in [-0.1, -0.05) is 65.5 Å². The Bertz CT molecular complexity index is 824. The minimum atomic E-state index is 0.293. The summed E-state index contributed by atoms with van der Waals surface area (Å²) in [5.41, 5.74) is 4.31. The van der Waals surface area contributed by atoms with E-state index in [0.717, 1.165) is 5.56 Å². The van der Waals surface area contributed by atoms with E-state index in [0.29, 0.717) is 21.7 Å². The van der Waals surface area contributed by atoms with Gasteiger partial charge >= 0.3 is 0 Å². The molecule has 2 aromatic rings. The van der Waals surface area contributed by atoms with Crippen LogP contribution in [-0.2, 0) is 0 Å². The van der Waals surface area contributed by atoms with Gasteiger partial charge in [-0.15, -0.1) is 6.42 Å². The van der Waals surface area contributed by atoms with Crippen molar-refractivity contribution in [3.8, 4) is 34.9 Å². The van der Waals surface area contributed by atoms with Crippen molar-refractivity contribution in [2.45, 2.75) is 0 Å². The lowest BCUT2D eigenvalue weighted by Crippen LogP contribution is -1.92. The molecule has 0 saturated carbocycles. The lowest BCUT2D eigenvalue weighted by molar-refractivity contribution is 1.17. The van der Waals surface area contributed by atoms with E-state index in [-0.39, 0.29) is 0 Å². The molecule has 106 valence electrons. The number of halogens is 2. The topological polar surface area (TPSA) is 25.8 Å². The van der Waals surface area contributed by atoms with Crippen molar-refractivity contribution >= 4 is 23.2 Å². The molecule has 0 unspecified atom stereocenters. The molecular weight excluding hydrogens is 315 g/mol. The zero-order valence-corrected chi connectivity index (χ0v) is 12.9. The number of terminal acetylenes is 1. The quantitative estimate of drug-likeness (QED) is 0.359. The molecule has 0 fully saturated rings. The third-order valence-corrected chi connectivity index (χ3v) is 3.59. The van der Waals surface area contributed by atoms with Crippen LogP contribution < -0.4 is 0 Å². The predicted molar refractivity (Wildman–Crippen MR) is 90.9 cm³/mol. The molecule has 2 aliphatic rings. The van der Waals surface area contributed by atoms with Crippen LogP contribution in [-0.4, -0.2) is 9.97 Å². The molecule has 1 aromatic carbocycles. The van der Waals surface area contributed by atoms with Crippen LogP contribution in [0.25, 0.3) is 22.5 Å². The fourth-order valence-corrected chi connectivity index (χ4v) is 2.40. The molecule has 0 radical (unpaired) electrons. The van der Waals surface area contributed by atoms with Crippen molar-refractivity contribution < 1.29 is 0 Å². The highest BCUT2D eigenvalue weighted by Gasteiger charge is 2.08. The van der Waals surface area contributed by atoms with E-state index in [1.807, 2.05) is 24.3 Å². The smallest absolute Gasteiger partial charge is 0.163 e. The average molecular weight is 325 g/mol. The molecule has 4 heteroatoms. The Morgan fingerprint density at radius 3 is 1.82 bits per heavy atom. The van der Waals surface area contributed by atoms with Gasteiger partial charge in [0.25, 0.3) is 0 Å². The van der Waals surface area contributed by atoms with Crippen LogP contribution >= 0.6 is 23.2 Å². The van der Waals surface area contributed by atoms with Gasteiger partial charge in [0, 0.05) is 17.2 Å². The Labute approximate surface area is 138 Å². The van der Waals surface area contributed by atoms with Gasteiger partial charge in [0.1, 0.15) is 10.3 Å². The van der Waals surface area contributed by atoms with E-state index in [1.54, 1.807) is 0 Å². The first-order chi connectivity index (χ1) is 10.7. The zero-order valence-electron chi connectivity index (χ0n) is 11.4. The molecule has 0 aliphatic heterocycles. The summed E-state index contributed by atoms with van der Waals surface area (Å²) in [5, 5.41) is 0.587. The zero-order chi connectivity index (χ0) is 15.5. The van der Waals surface area contributed by atoms with E-state index in [2.05, 4.69) is 40.2 Å². The van der Waals surface area contributed by atoms with Crippen molar-refractivity contribution in [3.05, 3.63) is 70.5 Å². The van der Waals surface area contributed by atoms with Gasteiger partial charge in [-0.3, -0.25) is 0 Å². The van der Waals surface area contributed by atoms with Crippen molar-refractivity contribution in [3.63, 3.8) is 0 Å². The predicted octanol–water partition coefficient (Wildman–Crippen LogP) is 5.10. The first-order valence-corrected chi connectivity index (χ1v) is 7.29. The number of hydrogen-bond acceptors (Lipinski definition) is 2. The fraction of sp³-hybridized carbons (Fsp3) is 0. The normalized spacial score (nSPS) is 10.2. The van der Waals surface area contributed by atoms with Crippen molar-refractivity contribution in [1.82, 2.24) is 9.97 Å². The molecule has 0 amide bonds. The van der Waals surface area contributed by atoms with E-state index in [1.165, 1.54) is 17.2 Å². The highest BCUT2D eigenvalue weighted by atomic mass is 35.5. The first-order valence-electron chi connectivity index (χ1n) is 6.54. The molecule has 0 saturated heterocycles. The van der Waals surface area contributed by atoms with Crippen molar-refractivity contribution in [2.24, 2.45) is 0 Å². The molecule has 0 bridgehead atoms. The molecule has 0 atom stereocenters. The third kappa shape index (κ3) is 2.96. The lowest BCUT2D eigenvalue weighted by Gasteiger charge is -2.10. The maximum Gasteiger partial charge on any atom is 0.163 e. The van der Waals surface area contributed by atoms with Crippen LogP contribution in [0.4, 0.5) is 0 Å². The Balaban J connectivity index is 0.000000196. The summed E-state index contributed by atoms with van der Waals surface area (Å²) < 4.78 is 0. The monoisotopic (exact) mass is 324 g/mol. The largest absolute Gasteiger partial charge is 0.216 e. The number of nitrogens with zero attached hydrogens (tertiary/aromatic N) is 2. The summed E-state index contributed by atoms with van der Waals surface area (Å²) in [6.07, 6.45) is 5.39. The summed E-state index contributed by atoms with van der Waals surface area (Å²) in [6.45, 7) is 0. The summed E-state index contributed by atoms with van der Waals surface area (Å²) >= 11 is 11.6. The number of aromatic nitrogens is 2. The standard InChI is InChI=1S/C12H6Cl2N2.C6H4/c1-2-8-5-3-4-6-9(8)12-15-10(13)7-11(14)16-12;1-2-6-4-3-5(1)6/h1,3-7H;1-4H. The minimum Gasteiger partial charge on any atom is -0.216 e. The Kier molecular flexibility index (Phi) is 4.11. The van der Waals surface area contributed by atoms with E-state index in [9.17, 15) is 0 Å². The minimum absolute atomic E-state index is 0.293. The second kappa shape index (κ2) is 6.19. The maximum absolute atomic E-state index is 5.81. The second-order valence-corrected chi connectivity index (χ2v) is 5.38. The Hall–Kier alpha value is -2.34. The molecule has 2 aliphatic carbocycles. The van der Waals surface area contributed by atoms with Gasteiger partial charge in [0.2, 0.25) is 0 Å². The van der Waals surface area contributed by atoms with Gasteiger partial charge in [-0.25, -0.2) is 9.97 Å². The maximum atomic E-state index is 5.81. The van der Waals surface area contributed by atoms with Crippen molar-refractivity contribution in [2.75, 3.05) is 0 Å². The van der Waals surface area contributed by atoms with Crippen LogP contribution in [0.2, 0.25) is 10.3 Å². The first kappa shape index (κ1) is 14.6. The Morgan fingerprint density at radius 2 is 1.36 bits per heavy atom. The van der Waals surface area contributed by atoms with Gasteiger partial charge < -0.3 is 0 Å². The molecule has 4 rings (SSSR count). The van der Waals surface area contributed by atoms with Crippen LogP contribution in [0.3, 0.4) is 0 Å². The fourth-order valence-electron chi connectivity index (χ4n) is 1.98. The highest BCUT2D eigenvalue weighted by Crippen LogP contribution is 2.29. The summed E-state index contributed by atoms with van der Waals surface area (Å²) in [4.78, 5) is 8.17. The molecule has 22 heavy (non-hydrogen) atoms. The van der Waals surface area contributed by atoms with Gasteiger partial charge in [-0.05, 0) is 23.3 Å². The average Bonchev–Trinajstić information content (AvgIpc) is 2.50. The molecule has 2 nitrogen and oxygen atoms in total. The summed E-state index contributed by atoms with van der Waals surface area (Å²) in [6, 6.07) is 17.3. The number of fused-ring (bicyclic) bond motifs is 1. The summed E-state index contributed by atoms with van der Waals surface area (Å²) in [5.74, 6) is 3.00. The van der Waals surface area contributed by atoms with E-state index in [4.69, 9.17) is 29.6 Å². The second-order valence-electron chi connectivity index (χ2n) is 4.60. The number of rotatable bonds is 1. The van der Waals surface area contributed by atoms with Gasteiger partial charge in [-0.2, -0.15) is 0 Å². The molecular formula is C18H10Cl2N2. The Morgan fingerprint density at radius 1 is 0.818 bits per heavy atom. The molecule has 1 aromatic heterocycles. The molecule has 0 N–H and O–H groups in total. The lowest BCUT2D eigenvalue weighted by atomic mass is 9.95. The van der Waals surface area contributed by atoms with Crippen LogP contribution in [0.1, 0.15) is 5.56 Å². The molecule has 1 heterocycles. The van der Waals surface area contributed by atoms with Crippen molar-refractivity contribution in [1.29, 1.82) is 0 Å². The van der Waals surface area contributed by atoms with Crippen LogP contribution in [0, 0.1) is 12.3 Å². The van der Waals surface area contributed by atoms with Gasteiger partial charge in [0.05, 0.1) is 0 Å². The number of benzene rings is 2. The third-order valence-electron chi connectivity index (χ3n) is 3.21. The van der Waals surface area contributed by atoms with E-state index < -0.39 is 0 Å². The van der Waals surface area contributed by atoms with Crippen LogP contribution in [0.15, 0.2) is 54.6 Å².